The van der Waals surface area contributed by atoms with Crippen molar-refractivity contribution in [2.75, 3.05) is 0 Å². The molecule has 100 valence electrons. The number of aromatic hydroxyl groups is 1. The first-order chi connectivity index (χ1) is 8.91. The summed E-state index contributed by atoms with van der Waals surface area (Å²) < 4.78 is 13.0. The first kappa shape index (κ1) is 13.6. The molecule has 2 aromatic carbocycles. The second-order valence-electron chi connectivity index (χ2n) is 5.27. The van der Waals surface area contributed by atoms with Crippen molar-refractivity contribution in [3.63, 3.8) is 0 Å². The minimum Gasteiger partial charge on any atom is -0.507 e. The third-order valence-corrected chi connectivity index (χ3v) is 3.62. The number of phenolic OH excluding ortho intramolecular Hbond substituents is 1. The van der Waals surface area contributed by atoms with Crippen LogP contribution in [0.5, 0.6) is 5.75 Å². The van der Waals surface area contributed by atoms with E-state index < -0.39 is 0 Å². The molecule has 0 aliphatic heterocycles. The Bertz CT molecular complexity index is 598. The summed E-state index contributed by atoms with van der Waals surface area (Å²) in [6, 6.07) is 8.48. The smallest absolute Gasteiger partial charge is 0.123 e. The molecule has 0 aliphatic carbocycles. The van der Waals surface area contributed by atoms with Gasteiger partial charge in [-0.25, -0.2) is 4.39 Å². The van der Waals surface area contributed by atoms with Gasteiger partial charge in [0.05, 0.1) is 0 Å². The van der Waals surface area contributed by atoms with Crippen LogP contribution in [-0.2, 0) is 0 Å². The zero-order valence-electron chi connectivity index (χ0n) is 11.8. The van der Waals surface area contributed by atoms with Gasteiger partial charge in [0.15, 0.2) is 0 Å². The molecule has 0 saturated heterocycles. The predicted molar refractivity (Wildman–Crippen MR) is 77.1 cm³/mol. The number of benzene rings is 2. The SMILES string of the molecule is Cc1c(-c2ccc(F)cc2)cc(C(C)C)c(C)c1O. The van der Waals surface area contributed by atoms with E-state index in [-0.39, 0.29) is 5.82 Å². The van der Waals surface area contributed by atoms with Crippen molar-refractivity contribution >= 4 is 0 Å². The summed E-state index contributed by atoms with van der Waals surface area (Å²) in [4.78, 5) is 0. The molecule has 0 atom stereocenters. The van der Waals surface area contributed by atoms with Gasteiger partial charge in [0.25, 0.3) is 0 Å². The van der Waals surface area contributed by atoms with Crippen LogP contribution in [0.2, 0.25) is 0 Å². The lowest BCUT2D eigenvalue weighted by molar-refractivity contribution is 0.465. The normalized spacial score (nSPS) is 11.1. The quantitative estimate of drug-likeness (QED) is 0.809. The van der Waals surface area contributed by atoms with E-state index in [9.17, 15) is 9.50 Å². The van der Waals surface area contributed by atoms with E-state index in [1.165, 1.54) is 12.1 Å². The average molecular weight is 258 g/mol. The monoisotopic (exact) mass is 258 g/mol. The lowest BCUT2D eigenvalue weighted by atomic mass is 9.89. The highest BCUT2D eigenvalue weighted by Crippen LogP contribution is 2.37. The van der Waals surface area contributed by atoms with E-state index in [0.717, 1.165) is 27.8 Å². The predicted octanol–water partition coefficient (Wildman–Crippen LogP) is 4.94. The molecule has 1 nitrogen and oxygen atoms in total. The molecule has 0 aliphatic rings. The van der Waals surface area contributed by atoms with Crippen molar-refractivity contribution in [1.82, 2.24) is 0 Å². The summed E-state index contributed by atoms with van der Waals surface area (Å²) in [5.74, 6) is 0.429. The van der Waals surface area contributed by atoms with Crippen molar-refractivity contribution in [1.29, 1.82) is 0 Å². The third kappa shape index (κ3) is 2.48. The van der Waals surface area contributed by atoms with Gasteiger partial charge >= 0.3 is 0 Å². The Morgan fingerprint density at radius 1 is 1.00 bits per heavy atom. The first-order valence-corrected chi connectivity index (χ1v) is 6.50. The molecule has 0 saturated carbocycles. The lowest BCUT2D eigenvalue weighted by Gasteiger charge is -2.17. The molecule has 0 radical (unpaired) electrons. The van der Waals surface area contributed by atoms with E-state index >= 15 is 0 Å². The van der Waals surface area contributed by atoms with Crippen molar-refractivity contribution < 1.29 is 9.50 Å². The maximum atomic E-state index is 13.0. The van der Waals surface area contributed by atoms with Crippen molar-refractivity contribution in [3.05, 3.63) is 52.8 Å². The highest BCUT2D eigenvalue weighted by molar-refractivity contribution is 5.72. The van der Waals surface area contributed by atoms with Crippen LogP contribution in [0.15, 0.2) is 30.3 Å². The number of halogens is 1. The molecule has 2 rings (SSSR count). The molecule has 0 bridgehead atoms. The van der Waals surface area contributed by atoms with Crippen LogP contribution >= 0.6 is 0 Å². The maximum absolute atomic E-state index is 13.0. The summed E-state index contributed by atoms with van der Waals surface area (Å²) in [5.41, 5.74) is 4.79. The van der Waals surface area contributed by atoms with Crippen LogP contribution in [0.3, 0.4) is 0 Å². The molecule has 0 heterocycles. The van der Waals surface area contributed by atoms with Gasteiger partial charge in [0.1, 0.15) is 11.6 Å². The highest BCUT2D eigenvalue weighted by Gasteiger charge is 2.14. The second-order valence-corrected chi connectivity index (χ2v) is 5.27. The first-order valence-electron chi connectivity index (χ1n) is 6.50. The van der Waals surface area contributed by atoms with Crippen LogP contribution in [0.4, 0.5) is 4.39 Å². The number of hydrogen-bond donors (Lipinski definition) is 1. The third-order valence-electron chi connectivity index (χ3n) is 3.62. The zero-order chi connectivity index (χ0) is 14.2. The fourth-order valence-corrected chi connectivity index (χ4v) is 2.45. The second kappa shape index (κ2) is 5.04. The van der Waals surface area contributed by atoms with Gasteiger partial charge in [-0.05, 0) is 59.7 Å². The topological polar surface area (TPSA) is 20.2 Å². The Morgan fingerprint density at radius 3 is 2.11 bits per heavy atom. The van der Waals surface area contributed by atoms with Gasteiger partial charge in [-0.15, -0.1) is 0 Å². The largest absolute Gasteiger partial charge is 0.507 e. The summed E-state index contributed by atoms with van der Waals surface area (Å²) in [6.45, 7) is 8.04. The van der Waals surface area contributed by atoms with Crippen LogP contribution in [-0.4, -0.2) is 5.11 Å². The summed E-state index contributed by atoms with van der Waals surface area (Å²) in [5, 5.41) is 10.3. The zero-order valence-corrected chi connectivity index (χ0v) is 11.8. The van der Waals surface area contributed by atoms with Crippen molar-refractivity contribution in [2.45, 2.75) is 33.6 Å². The van der Waals surface area contributed by atoms with Gasteiger partial charge in [-0.2, -0.15) is 0 Å². The van der Waals surface area contributed by atoms with E-state index in [4.69, 9.17) is 0 Å². The summed E-state index contributed by atoms with van der Waals surface area (Å²) >= 11 is 0. The highest BCUT2D eigenvalue weighted by atomic mass is 19.1. The molecule has 0 spiro atoms. The van der Waals surface area contributed by atoms with Crippen LogP contribution in [0.1, 0.15) is 36.5 Å². The minimum atomic E-state index is -0.248. The Labute approximate surface area is 113 Å². The van der Waals surface area contributed by atoms with Gasteiger partial charge in [-0.3, -0.25) is 0 Å². The Kier molecular flexibility index (Phi) is 3.61. The van der Waals surface area contributed by atoms with Gasteiger partial charge in [-0.1, -0.05) is 32.0 Å². The standard InChI is InChI=1S/C17H19FO/c1-10(2)15-9-16(12(4)17(19)11(15)3)13-5-7-14(18)8-6-13/h5-10,19H,1-4H3. The molecule has 0 amide bonds. The number of phenols is 1. The molecule has 0 unspecified atom stereocenters. The maximum Gasteiger partial charge on any atom is 0.123 e. The lowest BCUT2D eigenvalue weighted by Crippen LogP contribution is -1.97. The summed E-state index contributed by atoms with van der Waals surface area (Å²) in [6.07, 6.45) is 0. The van der Waals surface area contributed by atoms with Crippen LogP contribution in [0, 0.1) is 19.7 Å². The van der Waals surface area contributed by atoms with E-state index in [0.29, 0.717) is 11.7 Å². The van der Waals surface area contributed by atoms with Crippen molar-refractivity contribution in [2.24, 2.45) is 0 Å². The van der Waals surface area contributed by atoms with E-state index in [1.807, 2.05) is 13.8 Å². The molecule has 0 fully saturated rings. The summed E-state index contributed by atoms with van der Waals surface area (Å²) in [7, 11) is 0. The van der Waals surface area contributed by atoms with Gasteiger partial charge in [0.2, 0.25) is 0 Å². The van der Waals surface area contributed by atoms with Gasteiger partial charge < -0.3 is 5.11 Å². The Hall–Kier alpha value is -1.83. The van der Waals surface area contributed by atoms with Crippen LogP contribution in [0.25, 0.3) is 11.1 Å². The molecule has 19 heavy (non-hydrogen) atoms. The number of hydrogen-bond acceptors (Lipinski definition) is 1. The molecular weight excluding hydrogens is 239 g/mol. The molecule has 2 heteroatoms. The Balaban J connectivity index is 2.66. The molecule has 0 aromatic heterocycles. The van der Waals surface area contributed by atoms with E-state index in [2.05, 4.69) is 19.9 Å². The molecule has 1 N–H and O–H groups in total. The Morgan fingerprint density at radius 2 is 1.58 bits per heavy atom. The number of rotatable bonds is 2. The average Bonchev–Trinajstić information content (AvgIpc) is 2.37. The van der Waals surface area contributed by atoms with E-state index in [1.54, 1.807) is 12.1 Å². The minimum absolute atomic E-state index is 0.248. The fourth-order valence-electron chi connectivity index (χ4n) is 2.45. The van der Waals surface area contributed by atoms with Gasteiger partial charge in [0, 0.05) is 0 Å². The fraction of sp³-hybridized carbons (Fsp3) is 0.294. The molecular formula is C17H19FO. The van der Waals surface area contributed by atoms with Crippen LogP contribution < -0.4 is 0 Å². The molecule has 2 aromatic rings. The van der Waals surface area contributed by atoms with Crippen molar-refractivity contribution in [3.8, 4) is 16.9 Å².